The Labute approximate surface area is 113 Å². The van der Waals surface area contributed by atoms with Gasteiger partial charge in [0.15, 0.2) is 0 Å². The molecule has 0 aliphatic heterocycles. The molecule has 0 atom stereocenters. The summed E-state index contributed by atoms with van der Waals surface area (Å²) < 4.78 is 1.10. The van der Waals surface area contributed by atoms with Gasteiger partial charge in [-0.1, -0.05) is 40.2 Å². The minimum atomic E-state index is 0.797. The number of para-hydroxylation sites is 1. The van der Waals surface area contributed by atoms with Gasteiger partial charge in [-0.05, 0) is 23.8 Å². The molecule has 3 nitrogen and oxygen atoms in total. The number of nitrogens with one attached hydrogen (secondary N) is 2. The number of hydrogen-bond acceptors (Lipinski definition) is 2. The van der Waals surface area contributed by atoms with Gasteiger partial charge in [-0.2, -0.15) is 5.10 Å². The first-order valence-corrected chi connectivity index (χ1v) is 6.52. The van der Waals surface area contributed by atoms with Crippen LogP contribution >= 0.6 is 15.9 Å². The second-order valence-electron chi connectivity index (χ2n) is 4.12. The summed E-state index contributed by atoms with van der Waals surface area (Å²) in [5, 5.41) is 11.6. The van der Waals surface area contributed by atoms with Crippen molar-refractivity contribution in [1.29, 1.82) is 0 Å². The van der Waals surface area contributed by atoms with Crippen LogP contribution in [0.25, 0.3) is 10.9 Å². The van der Waals surface area contributed by atoms with Crippen molar-refractivity contribution in [2.24, 2.45) is 0 Å². The molecule has 3 rings (SSSR count). The third kappa shape index (κ3) is 2.24. The van der Waals surface area contributed by atoms with Crippen molar-refractivity contribution in [2.75, 3.05) is 5.32 Å². The molecule has 0 aliphatic rings. The van der Waals surface area contributed by atoms with Crippen molar-refractivity contribution < 1.29 is 0 Å². The molecular weight excluding hydrogens is 290 g/mol. The summed E-state index contributed by atoms with van der Waals surface area (Å²) in [7, 11) is 0. The minimum absolute atomic E-state index is 0.797. The fraction of sp³-hybridized carbons (Fsp3) is 0.0714. The first-order valence-electron chi connectivity index (χ1n) is 5.73. The Hall–Kier alpha value is -1.81. The van der Waals surface area contributed by atoms with Crippen LogP contribution in [0.3, 0.4) is 0 Å². The molecule has 0 saturated heterocycles. The lowest BCUT2D eigenvalue weighted by Gasteiger charge is -2.07. The number of rotatable bonds is 3. The van der Waals surface area contributed by atoms with E-state index in [-0.39, 0.29) is 0 Å². The number of benzene rings is 2. The van der Waals surface area contributed by atoms with Gasteiger partial charge in [0.1, 0.15) is 0 Å². The summed E-state index contributed by atoms with van der Waals surface area (Å²) in [4.78, 5) is 0. The van der Waals surface area contributed by atoms with Crippen LogP contribution in [0, 0.1) is 0 Å². The summed E-state index contributed by atoms with van der Waals surface area (Å²) in [6.45, 7) is 0.797. The number of halogens is 1. The van der Waals surface area contributed by atoms with E-state index in [1.54, 1.807) is 0 Å². The molecular formula is C14H12BrN3. The van der Waals surface area contributed by atoms with Crippen LogP contribution < -0.4 is 5.32 Å². The second kappa shape index (κ2) is 4.82. The van der Waals surface area contributed by atoms with E-state index in [0.717, 1.165) is 27.6 Å². The largest absolute Gasteiger partial charge is 0.379 e. The molecule has 4 heteroatoms. The van der Waals surface area contributed by atoms with E-state index in [1.807, 2.05) is 30.5 Å². The molecule has 2 aromatic carbocycles. The van der Waals surface area contributed by atoms with Crippen LogP contribution in [0.15, 0.2) is 53.1 Å². The maximum Gasteiger partial charge on any atom is 0.0881 e. The fourth-order valence-electron chi connectivity index (χ4n) is 1.92. The van der Waals surface area contributed by atoms with Gasteiger partial charge in [0, 0.05) is 16.4 Å². The lowest BCUT2D eigenvalue weighted by atomic mass is 10.2. The molecule has 0 aliphatic carbocycles. The van der Waals surface area contributed by atoms with Gasteiger partial charge < -0.3 is 5.32 Å². The van der Waals surface area contributed by atoms with E-state index < -0.39 is 0 Å². The lowest BCUT2D eigenvalue weighted by molar-refractivity contribution is 1.11. The average molecular weight is 302 g/mol. The molecule has 0 spiro atoms. The smallest absolute Gasteiger partial charge is 0.0881 e. The molecule has 0 fully saturated rings. The van der Waals surface area contributed by atoms with E-state index in [9.17, 15) is 0 Å². The van der Waals surface area contributed by atoms with Crippen LogP contribution in [0.1, 0.15) is 5.56 Å². The Bertz CT molecular complexity index is 658. The van der Waals surface area contributed by atoms with Gasteiger partial charge >= 0.3 is 0 Å². The predicted octanol–water partition coefficient (Wildman–Crippen LogP) is 3.94. The van der Waals surface area contributed by atoms with Gasteiger partial charge in [0.05, 0.1) is 17.4 Å². The molecule has 2 N–H and O–H groups in total. The molecule has 0 unspecified atom stereocenters. The summed E-state index contributed by atoms with van der Waals surface area (Å²) in [6.07, 6.45) is 1.83. The molecule has 90 valence electrons. The molecule has 3 aromatic rings. The van der Waals surface area contributed by atoms with E-state index in [1.165, 1.54) is 5.56 Å². The highest BCUT2D eigenvalue weighted by atomic mass is 79.9. The number of anilines is 1. The molecule has 0 bridgehead atoms. The molecule has 0 saturated carbocycles. The normalized spacial score (nSPS) is 10.7. The van der Waals surface area contributed by atoms with Gasteiger partial charge in [-0.25, -0.2) is 0 Å². The van der Waals surface area contributed by atoms with Crippen LogP contribution in [0.4, 0.5) is 5.69 Å². The van der Waals surface area contributed by atoms with Gasteiger partial charge in [0.2, 0.25) is 0 Å². The SMILES string of the molecule is Brc1ccc(CNc2cccc3cn[nH]c23)cc1. The number of nitrogens with zero attached hydrogens (tertiary/aromatic N) is 1. The Morgan fingerprint density at radius 3 is 2.78 bits per heavy atom. The average Bonchev–Trinajstić information content (AvgIpc) is 2.87. The third-order valence-corrected chi connectivity index (χ3v) is 3.40. The number of H-pyrrole nitrogens is 1. The zero-order chi connectivity index (χ0) is 12.4. The molecule has 0 amide bonds. The molecule has 1 aromatic heterocycles. The summed E-state index contributed by atoms with van der Waals surface area (Å²) in [5.41, 5.74) is 3.37. The van der Waals surface area contributed by atoms with E-state index >= 15 is 0 Å². The van der Waals surface area contributed by atoms with Crippen LogP contribution in [-0.2, 0) is 6.54 Å². The minimum Gasteiger partial charge on any atom is -0.379 e. The van der Waals surface area contributed by atoms with Crippen molar-refractivity contribution in [3.63, 3.8) is 0 Å². The lowest BCUT2D eigenvalue weighted by Crippen LogP contribution is -1.99. The highest BCUT2D eigenvalue weighted by Crippen LogP contribution is 2.21. The zero-order valence-electron chi connectivity index (χ0n) is 9.65. The fourth-order valence-corrected chi connectivity index (χ4v) is 2.18. The summed E-state index contributed by atoms with van der Waals surface area (Å²) in [6, 6.07) is 14.4. The van der Waals surface area contributed by atoms with Crippen LogP contribution in [0.5, 0.6) is 0 Å². The van der Waals surface area contributed by atoms with Crippen molar-refractivity contribution >= 4 is 32.5 Å². The summed E-state index contributed by atoms with van der Waals surface area (Å²) in [5.74, 6) is 0. The Kier molecular flexibility index (Phi) is 3.02. The van der Waals surface area contributed by atoms with Gasteiger partial charge in [0.25, 0.3) is 0 Å². The molecule has 0 radical (unpaired) electrons. The first-order chi connectivity index (χ1) is 8.83. The highest BCUT2D eigenvalue weighted by molar-refractivity contribution is 9.10. The monoisotopic (exact) mass is 301 g/mol. The third-order valence-electron chi connectivity index (χ3n) is 2.87. The summed E-state index contributed by atoms with van der Waals surface area (Å²) >= 11 is 3.44. The maximum absolute atomic E-state index is 4.06. The quantitative estimate of drug-likeness (QED) is 0.769. The van der Waals surface area contributed by atoms with E-state index in [2.05, 4.69) is 49.6 Å². The second-order valence-corrected chi connectivity index (χ2v) is 5.04. The number of aromatic amines is 1. The maximum atomic E-state index is 4.06. The van der Waals surface area contributed by atoms with Crippen molar-refractivity contribution in [3.8, 4) is 0 Å². The van der Waals surface area contributed by atoms with Gasteiger partial charge in [-0.3, -0.25) is 5.10 Å². The number of hydrogen-bond donors (Lipinski definition) is 2. The predicted molar refractivity (Wildman–Crippen MR) is 77.6 cm³/mol. The van der Waals surface area contributed by atoms with Crippen molar-refractivity contribution in [1.82, 2.24) is 10.2 Å². The standard InChI is InChI=1S/C14H12BrN3/c15-12-6-4-10(5-7-12)8-16-13-3-1-2-11-9-17-18-14(11)13/h1-7,9,16H,8H2,(H,17,18). The van der Waals surface area contributed by atoms with Crippen LogP contribution in [0.2, 0.25) is 0 Å². The highest BCUT2D eigenvalue weighted by Gasteiger charge is 2.01. The molecule has 1 heterocycles. The Morgan fingerprint density at radius 2 is 1.94 bits per heavy atom. The van der Waals surface area contributed by atoms with E-state index in [4.69, 9.17) is 0 Å². The van der Waals surface area contributed by atoms with Crippen molar-refractivity contribution in [2.45, 2.75) is 6.54 Å². The Balaban J connectivity index is 1.80. The molecule has 18 heavy (non-hydrogen) atoms. The Morgan fingerprint density at radius 1 is 1.11 bits per heavy atom. The first kappa shape index (κ1) is 11.3. The number of fused-ring (bicyclic) bond motifs is 1. The zero-order valence-corrected chi connectivity index (χ0v) is 11.2. The number of aromatic nitrogens is 2. The van der Waals surface area contributed by atoms with E-state index in [0.29, 0.717) is 0 Å². The van der Waals surface area contributed by atoms with Gasteiger partial charge in [-0.15, -0.1) is 0 Å². The van der Waals surface area contributed by atoms with Crippen LogP contribution in [-0.4, -0.2) is 10.2 Å². The topological polar surface area (TPSA) is 40.7 Å². The van der Waals surface area contributed by atoms with Crippen molar-refractivity contribution in [3.05, 3.63) is 58.7 Å².